The van der Waals surface area contributed by atoms with Crippen LogP contribution in [-0.4, -0.2) is 25.0 Å². The van der Waals surface area contributed by atoms with Crippen LogP contribution in [0.15, 0.2) is 18.2 Å². The Balaban J connectivity index is 1.93. The lowest BCUT2D eigenvalue weighted by Gasteiger charge is -2.19. The zero-order valence-corrected chi connectivity index (χ0v) is 12.3. The molecule has 0 aliphatic carbocycles. The van der Waals surface area contributed by atoms with Crippen molar-refractivity contribution < 1.29 is 19.1 Å². The number of carbonyl (C=O) groups excluding carboxylic acids is 2. The van der Waals surface area contributed by atoms with Gasteiger partial charge in [0, 0.05) is 11.5 Å². The minimum Gasteiger partial charge on any atom is -0.486 e. The molecule has 0 fully saturated rings. The molecule has 2 N–H and O–H groups in total. The largest absolute Gasteiger partial charge is 0.486 e. The molecule has 1 atom stereocenters. The summed E-state index contributed by atoms with van der Waals surface area (Å²) in [7, 11) is 0. The van der Waals surface area contributed by atoms with E-state index in [-0.39, 0.29) is 17.7 Å². The monoisotopic (exact) mass is 292 g/mol. The van der Waals surface area contributed by atoms with Crippen molar-refractivity contribution >= 4 is 11.8 Å². The minimum atomic E-state index is -0.385. The van der Waals surface area contributed by atoms with Gasteiger partial charge in [0.15, 0.2) is 11.5 Å². The molecule has 6 heteroatoms. The van der Waals surface area contributed by atoms with E-state index in [9.17, 15) is 9.59 Å². The van der Waals surface area contributed by atoms with E-state index in [1.807, 2.05) is 13.8 Å². The van der Waals surface area contributed by atoms with Gasteiger partial charge in [-0.3, -0.25) is 20.4 Å². The number of fused-ring (bicyclic) bond motifs is 1. The number of rotatable bonds is 4. The molecule has 0 saturated heterocycles. The highest BCUT2D eigenvalue weighted by atomic mass is 16.6. The van der Waals surface area contributed by atoms with Crippen LogP contribution in [0.25, 0.3) is 0 Å². The molecule has 2 amide bonds. The number of benzene rings is 1. The summed E-state index contributed by atoms with van der Waals surface area (Å²) >= 11 is 0. The Bertz CT molecular complexity index is 530. The SMILES string of the molecule is CCCC(C)C(=O)NNC(=O)c1ccc2c(c1)OCCO2. The number of nitrogens with one attached hydrogen (secondary N) is 2. The van der Waals surface area contributed by atoms with Gasteiger partial charge in [-0.2, -0.15) is 0 Å². The molecule has 0 spiro atoms. The van der Waals surface area contributed by atoms with E-state index >= 15 is 0 Å². The Morgan fingerprint density at radius 3 is 2.62 bits per heavy atom. The van der Waals surface area contributed by atoms with Gasteiger partial charge in [0.05, 0.1) is 0 Å². The molecule has 6 nitrogen and oxygen atoms in total. The van der Waals surface area contributed by atoms with Gasteiger partial charge in [-0.15, -0.1) is 0 Å². The lowest BCUT2D eigenvalue weighted by atomic mass is 10.1. The maximum atomic E-state index is 12.0. The first kappa shape index (κ1) is 15.2. The van der Waals surface area contributed by atoms with Crippen LogP contribution in [0.2, 0.25) is 0 Å². The number of hydrogen-bond donors (Lipinski definition) is 2. The third kappa shape index (κ3) is 3.87. The third-order valence-corrected chi connectivity index (χ3v) is 3.27. The molecule has 114 valence electrons. The fourth-order valence-electron chi connectivity index (χ4n) is 2.06. The predicted octanol–water partition coefficient (Wildman–Crippen LogP) is 1.65. The van der Waals surface area contributed by atoms with E-state index in [0.717, 1.165) is 12.8 Å². The molecule has 0 aromatic heterocycles. The number of hydrazine groups is 1. The van der Waals surface area contributed by atoms with E-state index in [2.05, 4.69) is 10.9 Å². The highest BCUT2D eigenvalue weighted by Crippen LogP contribution is 2.30. The normalized spacial score (nSPS) is 14.2. The van der Waals surface area contributed by atoms with Crippen molar-refractivity contribution in [1.29, 1.82) is 0 Å². The second-order valence-corrected chi connectivity index (χ2v) is 4.99. The molecule has 1 aliphatic heterocycles. The number of ether oxygens (including phenoxy) is 2. The molecule has 21 heavy (non-hydrogen) atoms. The van der Waals surface area contributed by atoms with Crippen LogP contribution >= 0.6 is 0 Å². The van der Waals surface area contributed by atoms with E-state index in [4.69, 9.17) is 9.47 Å². The van der Waals surface area contributed by atoms with Crippen LogP contribution in [0.3, 0.4) is 0 Å². The molecule has 1 aromatic rings. The third-order valence-electron chi connectivity index (χ3n) is 3.27. The van der Waals surface area contributed by atoms with E-state index in [1.165, 1.54) is 0 Å². The van der Waals surface area contributed by atoms with Crippen LogP contribution < -0.4 is 20.3 Å². The molecular formula is C15H20N2O4. The summed E-state index contributed by atoms with van der Waals surface area (Å²) in [6, 6.07) is 4.92. The first-order valence-electron chi connectivity index (χ1n) is 7.11. The van der Waals surface area contributed by atoms with Crippen molar-refractivity contribution in [3.63, 3.8) is 0 Å². The van der Waals surface area contributed by atoms with Gasteiger partial charge < -0.3 is 9.47 Å². The number of amides is 2. The zero-order chi connectivity index (χ0) is 15.2. The predicted molar refractivity (Wildman–Crippen MR) is 77.1 cm³/mol. The Labute approximate surface area is 123 Å². The lowest BCUT2D eigenvalue weighted by molar-refractivity contribution is -0.125. The minimum absolute atomic E-state index is 0.129. The first-order valence-corrected chi connectivity index (χ1v) is 7.11. The van der Waals surface area contributed by atoms with E-state index in [1.54, 1.807) is 18.2 Å². The second-order valence-electron chi connectivity index (χ2n) is 4.99. The molecule has 0 saturated carbocycles. The van der Waals surface area contributed by atoms with Crippen LogP contribution in [0, 0.1) is 5.92 Å². The fourth-order valence-corrected chi connectivity index (χ4v) is 2.06. The van der Waals surface area contributed by atoms with Crippen LogP contribution in [0.5, 0.6) is 11.5 Å². The van der Waals surface area contributed by atoms with Crippen LogP contribution in [0.1, 0.15) is 37.0 Å². The smallest absolute Gasteiger partial charge is 0.269 e. The molecule has 0 bridgehead atoms. The summed E-state index contributed by atoms with van der Waals surface area (Å²) in [5.74, 6) is 0.459. The van der Waals surface area contributed by atoms with Crippen molar-refractivity contribution in [2.75, 3.05) is 13.2 Å². The quantitative estimate of drug-likeness (QED) is 0.827. The molecule has 0 radical (unpaired) electrons. The average Bonchev–Trinajstić information content (AvgIpc) is 2.52. The first-order chi connectivity index (χ1) is 10.1. The van der Waals surface area contributed by atoms with Crippen molar-refractivity contribution in [3.8, 4) is 11.5 Å². The van der Waals surface area contributed by atoms with Crippen LogP contribution in [-0.2, 0) is 4.79 Å². The van der Waals surface area contributed by atoms with Gasteiger partial charge in [-0.05, 0) is 24.6 Å². The summed E-state index contributed by atoms with van der Waals surface area (Å²) in [4.78, 5) is 23.7. The number of hydrogen-bond acceptors (Lipinski definition) is 4. The van der Waals surface area contributed by atoms with Crippen molar-refractivity contribution in [3.05, 3.63) is 23.8 Å². The van der Waals surface area contributed by atoms with E-state index in [0.29, 0.717) is 30.3 Å². The Hall–Kier alpha value is -2.24. The maximum absolute atomic E-state index is 12.0. The van der Waals surface area contributed by atoms with Gasteiger partial charge in [0.25, 0.3) is 5.91 Å². The van der Waals surface area contributed by atoms with Gasteiger partial charge in [-0.25, -0.2) is 0 Å². The average molecular weight is 292 g/mol. The fraction of sp³-hybridized carbons (Fsp3) is 0.467. The topological polar surface area (TPSA) is 76.7 Å². The Kier molecular flexibility index (Phi) is 5.03. The number of carbonyl (C=O) groups is 2. The van der Waals surface area contributed by atoms with Crippen molar-refractivity contribution in [2.24, 2.45) is 5.92 Å². The highest BCUT2D eigenvalue weighted by molar-refractivity contribution is 5.96. The summed E-state index contributed by atoms with van der Waals surface area (Å²) < 4.78 is 10.8. The Morgan fingerprint density at radius 1 is 1.19 bits per heavy atom. The summed E-state index contributed by atoms with van der Waals surface area (Å²) in [5, 5.41) is 0. The Morgan fingerprint density at radius 2 is 1.90 bits per heavy atom. The zero-order valence-electron chi connectivity index (χ0n) is 12.3. The second kappa shape index (κ2) is 6.97. The van der Waals surface area contributed by atoms with Gasteiger partial charge in [0.1, 0.15) is 13.2 Å². The molecule has 1 heterocycles. The lowest BCUT2D eigenvalue weighted by Crippen LogP contribution is -2.44. The summed E-state index contributed by atoms with van der Waals surface area (Å²) in [6.45, 7) is 4.81. The summed E-state index contributed by atoms with van der Waals surface area (Å²) in [6.07, 6.45) is 1.70. The molecule has 1 unspecified atom stereocenters. The van der Waals surface area contributed by atoms with Gasteiger partial charge >= 0.3 is 0 Å². The van der Waals surface area contributed by atoms with Crippen molar-refractivity contribution in [1.82, 2.24) is 10.9 Å². The van der Waals surface area contributed by atoms with Crippen LogP contribution in [0.4, 0.5) is 0 Å². The molecular weight excluding hydrogens is 272 g/mol. The molecule has 1 aromatic carbocycles. The molecule has 1 aliphatic rings. The highest BCUT2D eigenvalue weighted by Gasteiger charge is 2.16. The maximum Gasteiger partial charge on any atom is 0.269 e. The standard InChI is InChI=1S/C15H20N2O4/c1-3-4-10(2)14(18)16-17-15(19)11-5-6-12-13(9-11)21-8-7-20-12/h5-6,9-10H,3-4,7-8H2,1-2H3,(H,16,18)(H,17,19). The summed E-state index contributed by atoms with van der Waals surface area (Å²) in [5.41, 5.74) is 5.25. The van der Waals surface area contributed by atoms with Crippen molar-refractivity contribution in [2.45, 2.75) is 26.7 Å². The van der Waals surface area contributed by atoms with Gasteiger partial charge in [-0.1, -0.05) is 20.3 Å². The van der Waals surface area contributed by atoms with E-state index < -0.39 is 0 Å². The molecule has 2 rings (SSSR count). The van der Waals surface area contributed by atoms with Gasteiger partial charge in [0.2, 0.25) is 5.91 Å².